The van der Waals surface area contributed by atoms with Gasteiger partial charge >= 0.3 is 0 Å². The van der Waals surface area contributed by atoms with E-state index in [4.69, 9.17) is 0 Å². The second-order valence-corrected chi connectivity index (χ2v) is 4.60. The summed E-state index contributed by atoms with van der Waals surface area (Å²) in [7, 11) is 2.14. The first-order valence-electron chi connectivity index (χ1n) is 6.30. The molecule has 17 heavy (non-hydrogen) atoms. The minimum absolute atomic E-state index is 0.984. The van der Waals surface area contributed by atoms with Crippen LogP contribution < -0.4 is 10.2 Å². The largest absolute Gasteiger partial charge is 0.375 e. The minimum Gasteiger partial charge on any atom is -0.375 e. The molecule has 0 amide bonds. The Morgan fingerprint density at radius 2 is 1.94 bits per heavy atom. The summed E-state index contributed by atoms with van der Waals surface area (Å²) >= 11 is 0. The molecule has 0 saturated heterocycles. The smallest absolute Gasteiger partial charge is 0.0363 e. The van der Waals surface area contributed by atoms with Crippen molar-refractivity contribution >= 4 is 5.69 Å². The number of benzene rings is 1. The lowest BCUT2D eigenvalue weighted by Gasteiger charge is -2.19. The van der Waals surface area contributed by atoms with Crippen LogP contribution in [0.1, 0.15) is 20.3 Å². The van der Waals surface area contributed by atoms with Gasteiger partial charge in [-0.1, -0.05) is 29.8 Å². The van der Waals surface area contributed by atoms with Crippen molar-refractivity contribution in [1.29, 1.82) is 0 Å². The molecule has 0 radical (unpaired) electrons. The molecule has 2 nitrogen and oxygen atoms in total. The molecule has 0 spiro atoms. The summed E-state index contributed by atoms with van der Waals surface area (Å²) in [6.07, 6.45) is 3.39. The van der Waals surface area contributed by atoms with Crippen molar-refractivity contribution in [3.05, 3.63) is 42.0 Å². The van der Waals surface area contributed by atoms with E-state index in [0.29, 0.717) is 0 Å². The Kier molecular flexibility index (Phi) is 6.41. The van der Waals surface area contributed by atoms with Crippen LogP contribution in [0.4, 0.5) is 5.69 Å². The number of hydrogen-bond donors (Lipinski definition) is 1. The molecule has 0 bridgehead atoms. The van der Waals surface area contributed by atoms with E-state index in [1.807, 2.05) is 0 Å². The third-order valence-electron chi connectivity index (χ3n) is 2.70. The summed E-state index contributed by atoms with van der Waals surface area (Å²) in [6, 6.07) is 10.5. The van der Waals surface area contributed by atoms with Gasteiger partial charge in [0, 0.05) is 25.8 Å². The van der Waals surface area contributed by atoms with Crippen LogP contribution in [-0.4, -0.2) is 26.7 Å². The summed E-state index contributed by atoms with van der Waals surface area (Å²) in [5.74, 6) is 0. The van der Waals surface area contributed by atoms with Gasteiger partial charge in [0.1, 0.15) is 0 Å². The molecule has 0 aromatic heterocycles. The van der Waals surface area contributed by atoms with Crippen molar-refractivity contribution in [2.45, 2.75) is 20.3 Å². The van der Waals surface area contributed by atoms with Gasteiger partial charge in [0.05, 0.1) is 0 Å². The highest BCUT2D eigenvalue weighted by molar-refractivity contribution is 5.44. The lowest BCUT2D eigenvalue weighted by Crippen LogP contribution is -2.23. The zero-order valence-corrected chi connectivity index (χ0v) is 11.2. The van der Waals surface area contributed by atoms with E-state index in [-0.39, 0.29) is 0 Å². The third kappa shape index (κ3) is 6.12. The first-order chi connectivity index (χ1) is 8.20. The van der Waals surface area contributed by atoms with E-state index in [2.05, 4.69) is 67.5 Å². The molecule has 1 aromatic rings. The Hall–Kier alpha value is -1.28. The highest BCUT2D eigenvalue weighted by Crippen LogP contribution is 2.10. The van der Waals surface area contributed by atoms with E-state index in [0.717, 1.165) is 19.6 Å². The Morgan fingerprint density at radius 1 is 1.24 bits per heavy atom. The van der Waals surface area contributed by atoms with Gasteiger partial charge in [-0.3, -0.25) is 0 Å². The standard InChI is InChI=1S/C15H24N2/c1-14(2)10-12-16-11-7-13-17(3)15-8-5-4-6-9-15/h4-6,8-10,16H,7,11-13H2,1-3H3. The molecule has 0 fully saturated rings. The summed E-state index contributed by atoms with van der Waals surface area (Å²) in [5.41, 5.74) is 2.66. The summed E-state index contributed by atoms with van der Waals surface area (Å²) in [5, 5.41) is 3.42. The maximum absolute atomic E-state index is 3.42. The highest BCUT2D eigenvalue weighted by atomic mass is 15.1. The van der Waals surface area contributed by atoms with Crippen molar-refractivity contribution in [3.8, 4) is 0 Å². The maximum Gasteiger partial charge on any atom is 0.0363 e. The number of nitrogens with one attached hydrogen (secondary N) is 1. The molecule has 0 aliphatic rings. The zero-order valence-electron chi connectivity index (χ0n) is 11.2. The van der Waals surface area contributed by atoms with Crippen molar-refractivity contribution in [2.24, 2.45) is 0 Å². The van der Waals surface area contributed by atoms with Crippen LogP contribution in [0.15, 0.2) is 42.0 Å². The first kappa shape index (κ1) is 13.8. The van der Waals surface area contributed by atoms with E-state index >= 15 is 0 Å². The molecule has 0 saturated carbocycles. The minimum atomic E-state index is 0.984. The second-order valence-electron chi connectivity index (χ2n) is 4.60. The number of allylic oxidation sites excluding steroid dienone is 1. The fourth-order valence-corrected chi connectivity index (χ4v) is 1.63. The Balaban J connectivity index is 2.13. The summed E-state index contributed by atoms with van der Waals surface area (Å²) < 4.78 is 0. The predicted molar refractivity (Wildman–Crippen MR) is 76.6 cm³/mol. The maximum atomic E-state index is 3.42. The molecule has 2 heteroatoms. The molecular formula is C15H24N2. The highest BCUT2D eigenvalue weighted by Gasteiger charge is 1.98. The molecule has 0 unspecified atom stereocenters. The summed E-state index contributed by atoms with van der Waals surface area (Å²) in [6.45, 7) is 7.40. The first-order valence-corrected chi connectivity index (χ1v) is 6.30. The molecule has 1 rings (SSSR count). The molecule has 0 aliphatic heterocycles. The van der Waals surface area contributed by atoms with Crippen LogP contribution in [0.2, 0.25) is 0 Å². The Labute approximate surface area is 105 Å². The van der Waals surface area contributed by atoms with E-state index in [1.54, 1.807) is 0 Å². The number of anilines is 1. The van der Waals surface area contributed by atoms with Gasteiger partial charge < -0.3 is 10.2 Å². The van der Waals surface area contributed by atoms with Gasteiger partial charge in [0.25, 0.3) is 0 Å². The quantitative estimate of drug-likeness (QED) is 0.574. The molecule has 94 valence electrons. The van der Waals surface area contributed by atoms with Gasteiger partial charge in [-0.25, -0.2) is 0 Å². The Bertz CT molecular complexity index is 326. The normalized spacial score (nSPS) is 10.1. The zero-order chi connectivity index (χ0) is 12.5. The van der Waals surface area contributed by atoms with Crippen LogP contribution in [0.3, 0.4) is 0 Å². The average Bonchev–Trinajstić information content (AvgIpc) is 2.34. The molecule has 0 aliphatic carbocycles. The van der Waals surface area contributed by atoms with Crippen LogP contribution in [0.5, 0.6) is 0 Å². The number of rotatable bonds is 7. The van der Waals surface area contributed by atoms with Crippen LogP contribution in [-0.2, 0) is 0 Å². The SMILES string of the molecule is CC(C)=CCNCCCN(C)c1ccccc1. The van der Waals surface area contributed by atoms with Crippen molar-refractivity contribution < 1.29 is 0 Å². The monoisotopic (exact) mass is 232 g/mol. The van der Waals surface area contributed by atoms with E-state index < -0.39 is 0 Å². The van der Waals surface area contributed by atoms with Gasteiger partial charge in [0.15, 0.2) is 0 Å². The number of nitrogens with zero attached hydrogens (tertiary/aromatic N) is 1. The average molecular weight is 232 g/mol. The molecule has 0 heterocycles. The number of para-hydroxylation sites is 1. The van der Waals surface area contributed by atoms with Crippen molar-refractivity contribution in [1.82, 2.24) is 5.32 Å². The molecule has 1 N–H and O–H groups in total. The van der Waals surface area contributed by atoms with Gasteiger partial charge in [-0.05, 0) is 38.9 Å². The Morgan fingerprint density at radius 3 is 2.59 bits per heavy atom. The lowest BCUT2D eigenvalue weighted by atomic mass is 10.3. The molecular weight excluding hydrogens is 208 g/mol. The van der Waals surface area contributed by atoms with Gasteiger partial charge in [-0.2, -0.15) is 0 Å². The second kappa shape index (κ2) is 7.91. The van der Waals surface area contributed by atoms with E-state index in [1.165, 1.54) is 17.7 Å². The summed E-state index contributed by atoms with van der Waals surface area (Å²) in [4.78, 5) is 2.29. The number of hydrogen-bond acceptors (Lipinski definition) is 2. The fourth-order valence-electron chi connectivity index (χ4n) is 1.63. The van der Waals surface area contributed by atoms with Gasteiger partial charge in [0.2, 0.25) is 0 Å². The van der Waals surface area contributed by atoms with Crippen LogP contribution >= 0.6 is 0 Å². The lowest BCUT2D eigenvalue weighted by molar-refractivity contribution is 0.684. The molecule has 0 atom stereocenters. The van der Waals surface area contributed by atoms with Crippen LogP contribution in [0, 0.1) is 0 Å². The van der Waals surface area contributed by atoms with Crippen LogP contribution in [0.25, 0.3) is 0 Å². The van der Waals surface area contributed by atoms with Gasteiger partial charge in [-0.15, -0.1) is 0 Å². The van der Waals surface area contributed by atoms with E-state index in [9.17, 15) is 0 Å². The molecule has 1 aromatic carbocycles. The third-order valence-corrected chi connectivity index (χ3v) is 2.70. The topological polar surface area (TPSA) is 15.3 Å². The fraction of sp³-hybridized carbons (Fsp3) is 0.467. The predicted octanol–water partition coefficient (Wildman–Crippen LogP) is 3.07. The van der Waals surface area contributed by atoms with Crippen molar-refractivity contribution in [3.63, 3.8) is 0 Å². The van der Waals surface area contributed by atoms with Crippen molar-refractivity contribution in [2.75, 3.05) is 31.6 Å².